The van der Waals surface area contributed by atoms with E-state index in [1.807, 2.05) is 0 Å². The van der Waals surface area contributed by atoms with E-state index in [2.05, 4.69) is 12.8 Å². The monoisotopic (exact) mass is 138 g/mol. The van der Waals surface area contributed by atoms with Gasteiger partial charge >= 0.3 is 0 Å². The highest BCUT2D eigenvalue weighted by Crippen LogP contribution is 2.28. The molecule has 0 amide bonds. The topological polar surface area (TPSA) is 20.2 Å². The van der Waals surface area contributed by atoms with Crippen LogP contribution in [0.3, 0.4) is 0 Å². The molecule has 1 saturated carbocycles. The first-order chi connectivity index (χ1) is 4.74. The summed E-state index contributed by atoms with van der Waals surface area (Å²) in [5.41, 5.74) is 0. The van der Waals surface area contributed by atoms with E-state index in [1.165, 1.54) is 0 Å². The van der Waals surface area contributed by atoms with Crippen LogP contribution in [-0.2, 0) is 0 Å². The largest absolute Gasteiger partial charge is 0.393 e. The van der Waals surface area contributed by atoms with Crippen molar-refractivity contribution < 1.29 is 5.11 Å². The Morgan fingerprint density at radius 3 is 2.70 bits per heavy atom. The van der Waals surface area contributed by atoms with Gasteiger partial charge in [-0.25, -0.2) is 0 Å². The Hall–Kier alpha value is -0.480. The molecule has 1 heteroatoms. The number of aliphatic hydroxyl groups excluding tert-OH is 1. The Kier molecular flexibility index (Phi) is 2.34. The van der Waals surface area contributed by atoms with Crippen LogP contribution in [0.4, 0.5) is 0 Å². The van der Waals surface area contributed by atoms with Gasteiger partial charge in [-0.3, -0.25) is 0 Å². The summed E-state index contributed by atoms with van der Waals surface area (Å²) >= 11 is 0. The Balaban J connectivity index is 2.45. The predicted molar refractivity (Wildman–Crippen MR) is 41.3 cm³/mol. The minimum atomic E-state index is -0.0976. The third-order valence-corrected chi connectivity index (χ3v) is 2.36. The average molecular weight is 138 g/mol. The molecule has 1 aliphatic carbocycles. The summed E-state index contributed by atoms with van der Waals surface area (Å²) in [5.74, 6) is 3.68. The molecule has 1 rings (SSSR count). The molecule has 0 saturated heterocycles. The van der Waals surface area contributed by atoms with Crippen LogP contribution in [0.5, 0.6) is 0 Å². The van der Waals surface area contributed by atoms with Crippen LogP contribution < -0.4 is 0 Å². The minimum absolute atomic E-state index is 0.0976. The minimum Gasteiger partial charge on any atom is -0.393 e. The van der Waals surface area contributed by atoms with Gasteiger partial charge in [0.2, 0.25) is 0 Å². The number of hydrogen-bond donors (Lipinski definition) is 1. The summed E-state index contributed by atoms with van der Waals surface area (Å²) in [6, 6.07) is 0. The van der Waals surface area contributed by atoms with Gasteiger partial charge < -0.3 is 5.11 Å². The highest BCUT2D eigenvalue weighted by molar-refractivity contribution is 4.98. The molecule has 1 N–H and O–H groups in total. The number of terminal acetylenes is 1. The highest BCUT2D eigenvalue weighted by Gasteiger charge is 2.24. The molecular weight excluding hydrogens is 124 g/mol. The molecular formula is C9H14O. The SMILES string of the molecule is C#C[C@H]1CC[C@H](O)CC1C. The van der Waals surface area contributed by atoms with E-state index >= 15 is 0 Å². The molecule has 0 spiro atoms. The Bertz CT molecular complexity index is 145. The van der Waals surface area contributed by atoms with E-state index in [9.17, 15) is 5.11 Å². The van der Waals surface area contributed by atoms with Crippen molar-refractivity contribution in [1.29, 1.82) is 0 Å². The van der Waals surface area contributed by atoms with Gasteiger partial charge in [-0.2, -0.15) is 0 Å². The van der Waals surface area contributed by atoms with Gasteiger partial charge in [-0.05, 0) is 25.2 Å². The Morgan fingerprint density at radius 1 is 1.50 bits per heavy atom. The smallest absolute Gasteiger partial charge is 0.0543 e. The summed E-state index contributed by atoms with van der Waals surface area (Å²) in [6.45, 7) is 2.12. The van der Waals surface area contributed by atoms with Crippen molar-refractivity contribution in [3.05, 3.63) is 0 Å². The summed E-state index contributed by atoms with van der Waals surface area (Å²) in [6.07, 6.45) is 7.98. The quantitative estimate of drug-likeness (QED) is 0.502. The fourth-order valence-corrected chi connectivity index (χ4v) is 1.62. The molecule has 0 radical (unpaired) electrons. The molecule has 3 atom stereocenters. The van der Waals surface area contributed by atoms with Gasteiger partial charge in [-0.15, -0.1) is 12.3 Å². The van der Waals surface area contributed by atoms with E-state index in [0.717, 1.165) is 19.3 Å². The van der Waals surface area contributed by atoms with Gasteiger partial charge in [0.15, 0.2) is 0 Å². The zero-order valence-corrected chi connectivity index (χ0v) is 6.38. The molecule has 0 bridgehead atoms. The molecule has 56 valence electrons. The lowest BCUT2D eigenvalue weighted by Gasteiger charge is -2.27. The third-order valence-electron chi connectivity index (χ3n) is 2.36. The van der Waals surface area contributed by atoms with Crippen molar-refractivity contribution in [2.24, 2.45) is 11.8 Å². The van der Waals surface area contributed by atoms with Crippen LogP contribution in [0.2, 0.25) is 0 Å². The summed E-state index contributed by atoms with van der Waals surface area (Å²) in [5, 5.41) is 9.22. The van der Waals surface area contributed by atoms with Crippen molar-refractivity contribution >= 4 is 0 Å². The van der Waals surface area contributed by atoms with E-state index in [-0.39, 0.29) is 6.10 Å². The zero-order valence-electron chi connectivity index (χ0n) is 6.38. The number of hydrogen-bond acceptors (Lipinski definition) is 1. The normalized spacial score (nSPS) is 40.7. The maximum atomic E-state index is 9.22. The van der Waals surface area contributed by atoms with Crippen molar-refractivity contribution in [1.82, 2.24) is 0 Å². The van der Waals surface area contributed by atoms with Gasteiger partial charge in [0.25, 0.3) is 0 Å². The van der Waals surface area contributed by atoms with Crippen molar-refractivity contribution in [3.8, 4) is 12.3 Å². The Labute approximate surface area is 62.4 Å². The van der Waals surface area contributed by atoms with Gasteiger partial charge in [0.05, 0.1) is 6.10 Å². The first-order valence-corrected chi connectivity index (χ1v) is 3.88. The maximum absolute atomic E-state index is 9.22. The summed E-state index contributed by atoms with van der Waals surface area (Å²) in [7, 11) is 0. The molecule has 0 aromatic carbocycles. The molecule has 0 aliphatic heterocycles. The zero-order chi connectivity index (χ0) is 7.56. The fourth-order valence-electron chi connectivity index (χ4n) is 1.62. The predicted octanol–water partition coefficient (Wildman–Crippen LogP) is 1.42. The molecule has 10 heavy (non-hydrogen) atoms. The third kappa shape index (κ3) is 1.52. The van der Waals surface area contributed by atoms with E-state index < -0.39 is 0 Å². The molecule has 1 unspecified atom stereocenters. The number of rotatable bonds is 0. The van der Waals surface area contributed by atoms with Crippen molar-refractivity contribution in [2.75, 3.05) is 0 Å². The molecule has 1 fully saturated rings. The highest BCUT2D eigenvalue weighted by atomic mass is 16.3. The van der Waals surface area contributed by atoms with Crippen LogP contribution in [-0.4, -0.2) is 11.2 Å². The Morgan fingerprint density at radius 2 is 2.20 bits per heavy atom. The average Bonchev–Trinajstić information content (AvgIpc) is 1.88. The van der Waals surface area contributed by atoms with E-state index in [1.54, 1.807) is 0 Å². The standard InChI is InChI=1S/C9H14O/c1-3-8-4-5-9(10)6-7(8)2/h1,7-10H,4-6H2,2H3/t7?,8-,9-/m0/s1. The molecule has 0 heterocycles. The summed E-state index contributed by atoms with van der Waals surface area (Å²) in [4.78, 5) is 0. The van der Waals surface area contributed by atoms with Crippen LogP contribution >= 0.6 is 0 Å². The molecule has 1 nitrogen and oxygen atoms in total. The van der Waals surface area contributed by atoms with Crippen molar-refractivity contribution in [3.63, 3.8) is 0 Å². The van der Waals surface area contributed by atoms with Crippen LogP contribution in [0.15, 0.2) is 0 Å². The van der Waals surface area contributed by atoms with Crippen molar-refractivity contribution in [2.45, 2.75) is 32.3 Å². The van der Waals surface area contributed by atoms with Crippen LogP contribution in [0, 0.1) is 24.2 Å². The molecule has 0 aromatic rings. The van der Waals surface area contributed by atoms with E-state index in [0.29, 0.717) is 11.8 Å². The van der Waals surface area contributed by atoms with Gasteiger partial charge in [0.1, 0.15) is 0 Å². The van der Waals surface area contributed by atoms with Gasteiger partial charge in [0, 0.05) is 5.92 Å². The molecule has 1 aliphatic rings. The second kappa shape index (κ2) is 3.07. The molecule has 0 aromatic heterocycles. The maximum Gasteiger partial charge on any atom is 0.0543 e. The van der Waals surface area contributed by atoms with Crippen LogP contribution in [0.1, 0.15) is 26.2 Å². The lowest BCUT2D eigenvalue weighted by atomic mass is 9.80. The fraction of sp³-hybridized carbons (Fsp3) is 0.778. The van der Waals surface area contributed by atoms with E-state index in [4.69, 9.17) is 6.42 Å². The number of aliphatic hydroxyl groups is 1. The van der Waals surface area contributed by atoms with Gasteiger partial charge in [-0.1, -0.05) is 6.92 Å². The second-order valence-electron chi connectivity index (χ2n) is 3.22. The second-order valence-corrected chi connectivity index (χ2v) is 3.22. The van der Waals surface area contributed by atoms with Crippen LogP contribution in [0.25, 0.3) is 0 Å². The lowest BCUT2D eigenvalue weighted by Crippen LogP contribution is -2.24. The lowest BCUT2D eigenvalue weighted by molar-refractivity contribution is 0.0903. The first kappa shape index (κ1) is 7.63. The first-order valence-electron chi connectivity index (χ1n) is 3.88. The summed E-state index contributed by atoms with van der Waals surface area (Å²) < 4.78 is 0.